The van der Waals surface area contributed by atoms with Crippen LogP contribution in [0.15, 0.2) is 18.2 Å². The molecule has 0 fully saturated rings. The maximum atomic E-state index is 13.6. The van der Waals surface area contributed by atoms with Crippen LogP contribution < -0.4 is 0 Å². The summed E-state index contributed by atoms with van der Waals surface area (Å²) >= 11 is 0. The number of aliphatic hydroxyl groups is 1. The monoisotopic (exact) mass is 277 g/mol. The summed E-state index contributed by atoms with van der Waals surface area (Å²) in [6, 6.07) is 4.95. The van der Waals surface area contributed by atoms with Crippen LogP contribution in [0.25, 0.3) is 0 Å². The molecule has 2 nitrogen and oxygen atoms in total. The summed E-state index contributed by atoms with van der Waals surface area (Å²) in [5, 5.41) is 8.70. The van der Waals surface area contributed by atoms with Gasteiger partial charge in [0.1, 0.15) is 5.82 Å². The molecule has 0 amide bonds. The zero-order chi connectivity index (χ0) is 14.8. The molecule has 20 heavy (non-hydrogen) atoms. The molecule has 3 heteroatoms. The molecular weight excluding hydrogens is 253 g/mol. The van der Waals surface area contributed by atoms with Crippen molar-refractivity contribution in [2.45, 2.75) is 39.7 Å². The molecule has 0 aromatic heterocycles. The summed E-state index contributed by atoms with van der Waals surface area (Å²) in [4.78, 5) is 2.31. The average molecular weight is 277 g/mol. The smallest absolute Gasteiger partial charge is 0.124 e. The van der Waals surface area contributed by atoms with Gasteiger partial charge in [0.05, 0.1) is 6.61 Å². The lowest BCUT2D eigenvalue weighted by molar-refractivity contribution is 0.275. The van der Waals surface area contributed by atoms with Crippen LogP contribution in [0.5, 0.6) is 0 Å². The first-order chi connectivity index (χ1) is 9.69. The van der Waals surface area contributed by atoms with E-state index in [0.717, 1.165) is 38.0 Å². The second-order valence-corrected chi connectivity index (χ2v) is 4.85. The molecule has 0 atom stereocenters. The van der Waals surface area contributed by atoms with Gasteiger partial charge in [-0.15, -0.1) is 0 Å². The van der Waals surface area contributed by atoms with Crippen LogP contribution >= 0.6 is 0 Å². The first kappa shape index (κ1) is 16.7. The number of hydrogen-bond acceptors (Lipinski definition) is 2. The van der Waals surface area contributed by atoms with E-state index in [1.807, 2.05) is 6.07 Å². The van der Waals surface area contributed by atoms with Gasteiger partial charge >= 0.3 is 0 Å². The van der Waals surface area contributed by atoms with Gasteiger partial charge in [0.15, 0.2) is 0 Å². The van der Waals surface area contributed by atoms with Gasteiger partial charge in [0.25, 0.3) is 0 Å². The maximum absolute atomic E-state index is 13.6. The Kier molecular flexibility index (Phi) is 7.94. The molecule has 0 heterocycles. The summed E-state index contributed by atoms with van der Waals surface area (Å²) in [5.41, 5.74) is 1.64. The van der Waals surface area contributed by atoms with E-state index in [4.69, 9.17) is 5.11 Å². The standard InChI is InChI=1S/C17H24FNO/c1-3-5-9-19(4-2)14-16-11-15(8-6-7-10-20)12-17(18)13-16/h11-13,20H,3-5,7,9-10,14H2,1-2H3. The highest BCUT2D eigenvalue weighted by molar-refractivity contribution is 5.37. The van der Waals surface area contributed by atoms with Crippen LogP contribution in [0, 0.1) is 17.7 Å². The zero-order valence-corrected chi connectivity index (χ0v) is 12.5. The predicted molar refractivity (Wildman–Crippen MR) is 80.8 cm³/mol. The molecule has 110 valence electrons. The summed E-state index contributed by atoms with van der Waals surface area (Å²) < 4.78 is 13.6. The molecule has 0 aliphatic rings. The number of nitrogens with zero attached hydrogens (tertiary/aromatic N) is 1. The van der Waals surface area contributed by atoms with E-state index in [-0.39, 0.29) is 12.4 Å². The second-order valence-electron chi connectivity index (χ2n) is 4.85. The van der Waals surface area contributed by atoms with Crippen molar-refractivity contribution in [3.63, 3.8) is 0 Å². The van der Waals surface area contributed by atoms with Crippen molar-refractivity contribution in [1.29, 1.82) is 0 Å². The Bertz CT molecular complexity index is 462. The summed E-state index contributed by atoms with van der Waals surface area (Å²) in [6.45, 7) is 7.08. The van der Waals surface area contributed by atoms with Crippen molar-refractivity contribution in [3.05, 3.63) is 35.1 Å². The van der Waals surface area contributed by atoms with Gasteiger partial charge in [-0.1, -0.05) is 32.1 Å². The van der Waals surface area contributed by atoms with Crippen molar-refractivity contribution >= 4 is 0 Å². The third-order valence-corrected chi connectivity index (χ3v) is 3.11. The lowest BCUT2D eigenvalue weighted by Gasteiger charge is -2.20. The molecule has 1 N–H and O–H groups in total. The predicted octanol–water partition coefficient (Wildman–Crippen LogP) is 3.18. The summed E-state index contributed by atoms with van der Waals surface area (Å²) in [6.07, 6.45) is 2.74. The minimum absolute atomic E-state index is 0.0375. The highest BCUT2D eigenvalue weighted by Crippen LogP contribution is 2.12. The number of rotatable bonds is 7. The fraction of sp³-hybridized carbons (Fsp3) is 0.529. The van der Waals surface area contributed by atoms with E-state index in [1.54, 1.807) is 6.07 Å². The number of halogens is 1. The van der Waals surface area contributed by atoms with E-state index >= 15 is 0 Å². The van der Waals surface area contributed by atoms with E-state index in [1.165, 1.54) is 6.07 Å². The topological polar surface area (TPSA) is 23.5 Å². The molecule has 0 aliphatic carbocycles. The van der Waals surface area contributed by atoms with Crippen LogP contribution in [0.1, 0.15) is 44.2 Å². The Morgan fingerprint density at radius 1 is 1.25 bits per heavy atom. The highest BCUT2D eigenvalue weighted by Gasteiger charge is 2.05. The van der Waals surface area contributed by atoms with E-state index in [2.05, 4.69) is 30.6 Å². The minimum Gasteiger partial charge on any atom is -0.395 e. The van der Waals surface area contributed by atoms with Crippen molar-refractivity contribution in [2.24, 2.45) is 0 Å². The first-order valence-electron chi connectivity index (χ1n) is 7.31. The number of benzene rings is 1. The Hall–Kier alpha value is -1.37. The molecule has 0 radical (unpaired) electrons. The fourth-order valence-corrected chi connectivity index (χ4v) is 2.02. The van der Waals surface area contributed by atoms with Crippen molar-refractivity contribution in [1.82, 2.24) is 4.90 Å². The Morgan fingerprint density at radius 3 is 2.70 bits per heavy atom. The molecule has 0 unspecified atom stereocenters. The van der Waals surface area contributed by atoms with E-state index in [0.29, 0.717) is 12.0 Å². The molecular formula is C17H24FNO. The average Bonchev–Trinajstić information content (AvgIpc) is 2.43. The van der Waals surface area contributed by atoms with E-state index in [9.17, 15) is 4.39 Å². The van der Waals surface area contributed by atoms with Crippen LogP contribution in [-0.4, -0.2) is 29.7 Å². The van der Waals surface area contributed by atoms with Gasteiger partial charge in [0.2, 0.25) is 0 Å². The fourth-order valence-electron chi connectivity index (χ4n) is 2.02. The first-order valence-corrected chi connectivity index (χ1v) is 7.31. The maximum Gasteiger partial charge on any atom is 0.124 e. The number of unbranched alkanes of at least 4 members (excludes halogenated alkanes) is 1. The van der Waals surface area contributed by atoms with Gasteiger partial charge in [-0.3, -0.25) is 4.90 Å². The van der Waals surface area contributed by atoms with Crippen molar-refractivity contribution in [2.75, 3.05) is 19.7 Å². The molecule has 0 saturated heterocycles. The van der Waals surface area contributed by atoms with E-state index < -0.39 is 0 Å². The molecule has 1 aromatic rings. The molecule has 0 spiro atoms. The van der Waals surface area contributed by atoms with Crippen LogP contribution in [-0.2, 0) is 6.54 Å². The van der Waals surface area contributed by atoms with Gasteiger partial charge < -0.3 is 5.11 Å². The van der Waals surface area contributed by atoms with Crippen LogP contribution in [0.4, 0.5) is 4.39 Å². The van der Waals surface area contributed by atoms with Crippen molar-refractivity contribution in [3.8, 4) is 11.8 Å². The Morgan fingerprint density at radius 2 is 2.05 bits per heavy atom. The largest absolute Gasteiger partial charge is 0.395 e. The second kappa shape index (κ2) is 9.52. The normalized spacial score (nSPS) is 10.4. The summed E-state index contributed by atoms with van der Waals surface area (Å²) in [7, 11) is 0. The zero-order valence-electron chi connectivity index (χ0n) is 12.5. The quantitative estimate of drug-likeness (QED) is 0.774. The van der Waals surface area contributed by atoms with Crippen LogP contribution in [0.3, 0.4) is 0 Å². The van der Waals surface area contributed by atoms with Gasteiger partial charge in [-0.2, -0.15) is 0 Å². The Balaban J connectivity index is 2.76. The molecule has 0 saturated carbocycles. The molecule has 1 rings (SSSR count). The Labute approximate surface area is 121 Å². The van der Waals surface area contributed by atoms with Crippen molar-refractivity contribution < 1.29 is 9.50 Å². The van der Waals surface area contributed by atoms with Gasteiger partial charge in [-0.05, 0) is 43.3 Å². The third-order valence-electron chi connectivity index (χ3n) is 3.11. The highest BCUT2D eigenvalue weighted by atomic mass is 19.1. The van der Waals surface area contributed by atoms with Crippen LogP contribution in [0.2, 0.25) is 0 Å². The lowest BCUT2D eigenvalue weighted by Crippen LogP contribution is -2.24. The minimum atomic E-state index is -0.248. The number of hydrogen-bond donors (Lipinski definition) is 1. The third kappa shape index (κ3) is 6.18. The van der Waals surface area contributed by atoms with Gasteiger partial charge in [0, 0.05) is 18.5 Å². The molecule has 1 aromatic carbocycles. The van der Waals surface area contributed by atoms with Gasteiger partial charge in [-0.25, -0.2) is 4.39 Å². The lowest BCUT2D eigenvalue weighted by atomic mass is 10.1. The number of aliphatic hydroxyl groups excluding tert-OH is 1. The SMILES string of the molecule is CCCCN(CC)Cc1cc(F)cc(C#CCCO)c1. The summed E-state index contributed by atoms with van der Waals surface area (Å²) in [5.74, 6) is 5.47. The molecule has 0 bridgehead atoms. The molecule has 0 aliphatic heterocycles.